The second-order valence-corrected chi connectivity index (χ2v) is 8.24. The molecule has 2 aromatic rings. The number of carboxylic acids is 1. The Kier molecular flexibility index (Phi) is 4.31. The van der Waals surface area contributed by atoms with E-state index in [1.807, 2.05) is 6.07 Å². The summed E-state index contributed by atoms with van der Waals surface area (Å²) in [4.78, 5) is 12.2. The summed E-state index contributed by atoms with van der Waals surface area (Å²) in [6.45, 7) is 1.62. The molecule has 0 saturated heterocycles. The average molecular weight is 409 g/mol. The molecule has 21 heavy (non-hydrogen) atoms. The molecule has 112 valence electrons. The molecule has 0 bridgehead atoms. The van der Waals surface area contributed by atoms with Gasteiger partial charge < -0.3 is 5.11 Å². The number of rotatable bonds is 5. The van der Waals surface area contributed by atoms with Gasteiger partial charge in [0.25, 0.3) is 0 Å². The minimum absolute atomic E-state index is 0.539. The van der Waals surface area contributed by atoms with Gasteiger partial charge in [-0.1, -0.05) is 23.4 Å². The van der Waals surface area contributed by atoms with Crippen molar-refractivity contribution in [3.05, 3.63) is 20.7 Å². The summed E-state index contributed by atoms with van der Waals surface area (Å²) in [5, 5.41) is 18.7. The molecule has 0 radical (unpaired) electrons. The normalized spacial score (nSPS) is 16.1. The summed E-state index contributed by atoms with van der Waals surface area (Å²) >= 11 is 12.4. The van der Waals surface area contributed by atoms with E-state index in [9.17, 15) is 4.79 Å². The Morgan fingerprint density at radius 2 is 2.33 bits per heavy atom. The number of halogens is 2. The SMILES string of the molecule is CC(Sc1nnc(Br)n1-c1cc(Cl)c(C2CC2)s1)C(=O)O. The van der Waals surface area contributed by atoms with E-state index in [0.717, 1.165) is 21.8 Å². The van der Waals surface area contributed by atoms with Crippen LogP contribution in [0.5, 0.6) is 0 Å². The molecule has 1 saturated carbocycles. The van der Waals surface area contributed by atoms with Crippen molar-refractivity contribution in [2.24, 2.45) is 0 Å². The quantitative estimate of drug-likeness (QED) is 0.751. The monoisotopic (exact) mass is 407 g/mol. The van der Waals surface area contributed by atoms with E-state index in [1.165, 1.54) is 17.7 Å². The molecule has 2 heterocycles. The molecule has 2 aromatic heterocycles. The number of hydrogen-bond acceptors (Lipinski definition) is 5. The summed E-state index contributed by atoms with van der Waals surface area (Å²) in [7, 11) is 0. The van der Waals surface area contributed by atoms with Gasteiger partial charge >= 0.3 is 5.97 Å². The summed E-state index contributed by atoms with van der Waals surface area (Å²) in [5.41, 5.74) is 0. The first-order valence-corrected chi connectivity index (χ1v) is 9.14. The molecule has 1 unspecified atom stereocenters. The minimum Gasteiger partial charge on any atom is -0.480 e. The van der Waals surface area contributed by atoms with Crippen LogP contribution in [0.1, 0.15) is 30.6 Å². The zero-order chi connectivity index (χ0) is 15.1. The molecule has 0 spiro atoms. The molecule has 1 aliphatic carbocycles. The van der Waals surface area contributed by atoms with Gasteiger partial charge in [-0.05, 0) is 47.7 Å². The van der Waals surface area contributed by atoms with Gasteiger partial charge in [-0.25, -0.2) is 0 Å². The Balaban J connectivity index is 1.96. The van der Waals surface area contributed by atoms with Crippen molar-refractivity contribution in [1.29, 1.82) is 0 Å². The zero-order valence-corrected chi connectivity index (χ0v) is 14.9. The van der Waals surface area contributed by atoms with Crippen LogP contribution in [0.2, 0.25) is 5.02 Å². The number of carbonyl (C=O) groups is 1. The number of carboxylic acid groups (broad SMARTS) is 1. The average Bonchev–Trinajstić information content (AvgIpc) is 3.11. The van der Waals surface area contributed by atoms with Crippen molar-refractivity contribution >= 4 is 56.6 Å². The van der Waals surface area contributed by atoms with Crippen LogP contribution in [0.25, 0.3) is 5.00 Å². The summed E-state index contributed by atoms with van der Waals surface area (Å²) in [6, 6.07) is 1.89. The summed E-state index contributed by atoms with van der Waals surface area (Å²) in [5.74, 6) is -0.311. The predicted octanol–water partition coefficient (Wildman–Crippen LogP) is 4.19. The lowest BCUT2D eigenvalue weighted by atomic mass is 10.3. The summed E-state index contributed by atoms with van der Waals surface area (Å²) in [6.07, 6.45) is 2.36. The van der Waals surface area contributed by atoms with Crippen molar-refractivity contribution in [3.63, 3.8) is 0 Å². The maximum atomic E-state index is 11.0. The van der Waals surface area contributed by atoms with Crippen molar-refractivity contribution in [2.45, 2.75) is 36.1 Å². The van der Waals surface area contributed by atoms with Crippen molar-refractivity contribution < 1.29 is 9.90 Å². The Hall–Kier alpha value is -0.570. The number of aliphatic carboxylic acids is 1. The first-order valence-electron chi connectivity index (χ1n) is 6.27. The van der Waals surface area contributed by atoms with Crippen LogP contribution in [0.15, 0.2) is 16.0 Å². The van der Waals surface area contributed by atoms with E-state index >= 15 is 0 Å². The largest absolute Gasteiger partial charge is 0.480 e. The Bertz CT molecular complexity index is 699. The number of thiophene rings is 1. The van der Waals surface area contributed by atoms with Gasteiger partial charge in [0.1, 0.15) is 10.3 Å². The van der Waals surface area contributed by atoms with E-state index in [0.29, 0.717) is 15.8 Å². The van der Waals surface area contributed by atoms with Gasteiger partial charge in [0.2, 0.25) is 4.73 Å². The fourth-order valence-electron chi connectivity index (χ4n) is 1.83. The first kappa shape index (κ1) is 15.3. The highest BCUT2D eigenvalue weighted by Crippen LogP contribution is 2.48. The van der Waals surface area contributed by atoms with E-state index in [4.69, 9.17) is 16.7 Å². The lowest BCUT2D eigenvalue weighted by Gasteiger charge is -2.07. The maximum Gasteiger partial charge on any atom is 0.316 e. The molecule has 1 fully saturated rings. The topological polar surface area (TPSA) is 68.0 Å². The Morgan fingerprint density at radius 3 is 2.95 bits per heavy atom. The third-order valence-corrected chi connectivity index (χ3v) is 6.34. The van der Waals surface area contributed by atoms with Crippen LogP contribution in [-0.2, 0) is 4.79 Å². The van der Waals surface area contributed by atoms with Crippen LogP contribution in [0, 0.1) is 0 Å². The highest BCUT2D eigenvalue weighted by Gasteiger charge is 2.29. The zero-order valence-electron chi connectivity index (χ0n) is 10.9. The molecule has 1 aliphatic rings. The van der Waals surface area contributed by atoms with Gasteiger partial charge in [0, 0.05) is 4.88 Å². The van der Waals surface area contributed by atoms with E-state index in [-0.39, 0.29) is 0 Å². The smallest absolute Gasteiger partial charge is 0.316 e. The lowest BCUT2D eigenvalue weighted by Crippen LogP contribution is -2.12. The predicted molar refractivity (Wildman–Crippen MR) is 86.9 cm³/mol. The molecule has 0 amide bonds. The van der Waals surface area contributed by atoms with Crippen LogP contribution < -0.4 is 0 Å². The van der Waals surface area contributed by atoms with E-state index in [1.54, 1.807) is 22.8 Å². The van der Waals surface area contributed by atoms with Crippen LogP contribution in [0.4, 0.5) is 0 Å². The van der Waals surface area contributed by atoms with Gasteiger partial charge in [-0.15, -0.1) is 21.5 Å². The van der Waals surface area contributed by atoms with E-state index in [2.05, 4.69) is 26.1 Å². The third-order valence-electron chi connectivity index (χ3n) is 3.09. The second-order valence-electron chi connectivity index (χ2n) is 4.76. The molecule has 0 aromatic carbocycles. The fourth-order valence-corrected chi connectivity index (χ4v) is 5.02. The molecular weight excluding hydrogens is 398 g/mol. The molecule has 0 aliphatic heterocycles. The van der Waals surface area contributed by atoms with Gasteiger partial charge in [0.15, 0.2) is 5.16 Å². The van der Waals surface area contributed by atoms with Crippen LogP contribution >= 0.6 is 50.6 Å². The highest BCUT2D eigenvalue weighted by atomic mass is 79.9. The number of nitrogens with zero attached hydrogens (tertiary/aromatic N) is 3. The fraction of sp³-hybridized carbons (Fsp3) is 0.417. The van der Waals surface area contributed by atoms with Crippen molar-refractivity contribution in [1.82, 2.24) is 14.8 Å². The molecule has 3 rings (SSSR count). The first-order chi connectivity index (χ1) is 9.97. The van der Waals surface area contributed by atoms with Gasteiger partial charge in [0.05, 0.1) is 5.02 Å². The second kappa shape index (κ2) is 5.91. The Labute approximate surface area is 142 Å². The minimum atomic E-state index is -0.881. The summed E-state index contributed by atoms with van der Waals surface area (Å²) < 4.78 is 2.34. The maximum absolute atomic E-state index is 11.0. The Morgan fingerprint density at radius 1 is 1.62 bits per heavy atom. The molecule has 1 N–H and O–H groups in total. The molecule has 5 nitrogen and oxygen atoms in total. The number of thioether (sulfide) groups is 1. The highest BCUT2D eigenvalue weighted by molar-refractivity contribution is 9.10. The van der Waals surface area contributed by atoms with Crippen LogP contribution in [-0.4, -0.2) is 31.1 Å². The molecule has 1 atom stereocenters. The van der Waals surface area contributed by atoms with E-state index < -0.39 is 11.2 Å². The van der Waals surface area contributed by atoms with Gasteiger partial charge in [-0.2, -0.15) is 0 Å². The standard InChI is InChI=1S/C12H11BrClN3O2S2/c1-5(10(18)19)20-12-16-15-11(13)17(12)8-4-7(14)9(21-8)6-2-3-6/h4-6H,2-3H2,1H3,(H,18,19). The number of aromatic nitrogens is 3. The van der Waals surface area contributed by atoms with Crippen LogP contribution in [0.3, 0.4) is 0 Å². The number of hydrogen-bond donors (Lipinski definition) is 1. The molecular formula is C12H11BrClN3O2S2. The lowest BCUT2D eigenvalue weighted by molar-refractivity contribution is -0.136. The third kappa shape index (κ3) is 3.13. The van der Waals surface area contributed by atoms with Gasteiger partial charge in [-0.3, -0.25) is 9.36 Å². The van der Waals surface area contributed by atoms with Crippen molar-refractivity contribution in [3.8, 4) is 5.00 Å². The molecule has 9 heteroatoms. The van der Waals surface area contributed by atoms with Crippen molar-refractivity contribution in [2.75, 3.05) is 0 Å².